The summed E-state index contributed by atoms with van der Waals surface area (Å²) in [7, 11) is 0. The molecule has 1 heterocycles. The number of aromatic nitrogens is 1. The van der Waals surface area contributed by atoms with Crippen LogP contribution in [0.1, 0.15) is 38.7 Å². The van der Waals surface area contributed by atoms with E-state index in [9.17, 15) is 4.79 Å². The fraction of sp³-hybridized carbons (Fsp3) is 0.636. The van der Waals surface area contributed by atoms with E-state index >= 15 is 0 Å². The fourth-order valence-corrected chi connectivity index (χ4v) is 2.38. The number of rotatable bonds is 4. The average molecular weight is 241 g/mol. The Kier molecular flexibility index (Phi) is 4.44. The minimum atomic E-state index is -0.468. The first-order chi connectivity index (χ1) is 7.45. The van der Waals surface area contributed by atoms with Gasteiger partial charge >= 0.3 is 0 Å². The summed E-state index contributed by atoms with van der Waals surface area (Å²) in [6.07, 6.45) is 1.76. The molecule has 0 spiro atoms. The Morgan fingerprint density at radius 2 is 2.06 bits per heavy atom. The average Bonchev–Trinajstić information content (AvgIpc) is 2.69. The van der Waals surface area contributed by atoms with Crippen LogP contribution in [0.15, 0.2) is 11.6 Å². The number of carbonyl (C=O) groups is 1. The first-order valence-corrected chi connectivity index (χ1v) is 6.30. The summed E-state index contributed by atoms with van der Waals surface area (Å²) in [4.78, 5) is 18.0. The van der Waals surface area contributed by atoms with Crippen molar-refractivity contribution in [1.82, 2.24) is 9.88 Å². The van der Waals surface area contributed by atoms with E-state index in [1.165, 1.54) is 0 Å². The zero-order valence-corrected chi connectivity index (χ0v) is 11.0. The number of thiazole rings is 1. The number of nitrogens with two attached hydrogens (primary N) is 1. The van der Waals surface area contributed by atoms with E-state index in [1.807, 2.05) is 26.2 Å². The molecule has 1 rings (SSSR count). The zero-order chi connectivity index (χ0) is 12.3. The molecule has 0 fully saturated rings. The third-order valence-electron chi connectivity index (χ3n) is 2.43. The molecule has 1 aromatic rings. The summed E-state index contributed by atoms with van der Waals surface area (Å²) in [5, 5.41) is 2.86. The van der Waals surface area contributed by atoms with Gasteiger partial charge in [-0.2, -0.15) is 0 Å². The highest BCUT2D eigenvalue weighted by Crippen LogP contribution is 2.24. The van der Waals surface area contributed by atoms with Gasteiger partial charge in [0.25, 0.3) is 0 Å². The molecule has 0 aliphatic rings. The molecule has 90 valence electrons. The molecule has 0 aliphatic carbocycles. The second-order valence-corrected chi connectivity index (χ2v) is 5.10. The van der Waals surface area contributed by atoms with E-state index in [2.05, 4.69) is 4.98 Å². The predicted molar refractivity (Wildman–Crippen MR) is 66.2 cm³/mol. The van der Waals surface area contributed by atoms with Crippen LogP contribution in [0.25, 0.3) is 0 Å². The van der Waals surface area contributed by atoms with Gasteiger partial charge in [0.15, 0.2) is 0 Å². The third-order valence-corrected chi connectivity index (χ3v) is 3.37. The molecule has 16 heavy (non-hydrogen) atoms. The molecular formula is C11H19N3OS. The molecule has 0 saturated carbocycles. The molecule has 4 nitrogen and oxygen atoms in total. The van der Waals surface area contributed by atoms with E-state index in [1.54, 1.807) is 29.4 Å². The minimum absolute atomic E-state index is 0.0153. The molecule has 2 atom stereocenters. The van der Waals surface area contributed by atoms with E-state index in [0.717, 1.165) is 5.01 Å². The summed E-state index contributed by atoms with van der Waals surface area (Å²) in [6, 6.07) is -0.360. The van der Waals surface area contributed by atoms with Crippen molar-refractivity contribution in [3.8, 4) is 0 Å². The van der Waals surface area contributed by atoms with Crippen LogP contribution in [0.4, 0.5) is 0 Å². The highest BCUT2D eigenvalue weighted by molar-refractivity contribution is 7.09. The van der Waals surface area contributed by atoms with Gasteiger partial charge in [0.05, 0.1) is 12.1 Å². The predicted octanol–water partition coefficient (Wildman–Crippen LogP) is 1.79. The summed E-state index contributed by atoms with van der Waals surface area (Å²) in [6.45, 7) is 7.68. The first kappa shape index (κ1) is 13.1. The van der Waals surface area contributed by atoms with Gasteiger partial charge in [-0.25, -0.2) is 4.98 Å². The van der Waals surface area contributed by atoms with Gasteiger partial charge in [0.1, 0.15) is 5.01 Å². The Hall–Kier alpha value is -0.940. The Labute approximate surface area is 100 Å². The summed E-state index contributed by atoms with van der Waals surface area (Å²) in [5.74, 6) is -0.0299. The van der Waals surface area contributed by atoms with Gasteiger partial charge in [0, 0.05) is 17.6 Å². The molecule has 0 aromatic carbocycles. The van der Waals surface area contributed by atoms with Gasteiger partial charge < -0.3 is 10.6 Å². The van der Waals surface area contributed by atoms with E-state index in [-0.39, 0.29) is 18.0 Å². The fourth-order valence-electron chi connectivity index (χ4n) is 1.69. The van der Waals surface area contributed by atoms with E-state index in [4.69, 9.17) is 5.73 Å². The lowest BCUT2D eigenvalue weighted by Gasteiger charge is -2.33. The third kappa shape index (κ3) is 2.80. The van der Waals surface area contributed by atoms with Crippen LogP contribution in [0.2, 0.25) is 0 Å². The molecule has 2 unspecified atom stereocenters. The van der Waals surface area contributed by atoms with Gasteiger partial charge in [-0.1, -0.05) is 0 Å². The van der Waals surface area contributed by atoms with Gasteiger partial charge in [-0.3, -0.25) is 4.79 Å². The van der Waals surface area contributed by atoms with Crippen LogP contribution in [0.5, 0.6) is 0 Å². The molecule has 5 heteroatoms. The van der Waals surface area contributed by atoms with Crippen LogP contribution in [0.3, 0.4) is 0 Å². The summed E-state index contributed by atoms with van der Waals surface area (Å²) < 4.78 is 0. The van der Waals surface area contributed by atoms with Crippen LogP contribution in [0, 0.1) is 0 Å². The molecule has 0 bridgehead atoms. The van der Waals surface area contributed by atoms with Crippen molar-refractivity contribution in [2.75, 3.05) is 0 Å². The highest BCUT2D eigenvalue weighted by atomic mass is 32.1. The van der Waals surface area contributed by atoms with Crippen molar-refractivity contribution >= 4 is 17.2 Å². The maximum atomic E-state index is 12.0. The number of amides is 1. The van der Waals surface area contributed by atoms with Crippen LogP contribution in [-0.2, 0) is 4.79 Å². The quantitative estimate of drug-likeness (QED) is 0.874. The number of carbonyl (C=O) groups excluding carboxylic acids is 1. The second-order valence-electron chi connectivity index (χ2n) is 4.17. The zero-order valence-electron chi connectivity index (χ0n) is 10.2. The Morgan fingerprint density at radius 3 is 2.44 bits per heavy atom. The van der Waals surface area contributed by atoms with Crippen LogP contribution >= 0.6 is 11.3 Å². The molecular weight excluding hydrogens is 222 g/mol. The lowest BCUT2D eigenvalue weighted by atomic mass is 10.1. The molecule has 0 saturated heterocycles. The first-order valence-electron chi connectivity index (χ1n) is 5.42. The Bertz CT molecular complexity index is 335. The van der Waals surface area contributed by atoms with Gasteiger partial charge in [-0.05, 0) is 27.7 Å². The second kappa shape index (κ2) is 5.41. The molecule has 0 aliphatic heterocycles. The summed E-state index contributed by atoms with van der Waals surface area (Å²) >= 11 is 1.56. The van der Waals surface area contributed by atoms with Crippen molar-refractivity contribution in [2.45, 2.75) is 45.8 Å². The lowest BCUT2D eigenvalue weighted by Crippen LogP contribution is -2.46. The number of hydrogen-bond donors (Lipinski definition) is 1. The van der Waals surface area contributed by atoms with Crippen LogP contribution < -0.4 is 5.73 Å². The Morgan fingerprint density at radius 1 is 1.44 bits per heavy atom. The highest BCUT2D eigenvalue weighted by Gasteiger charge is 2.27. The van der Waals surface area contributed by atoms with Gasteiger partial charge in [0.2, 0.25) is 5.91 Å². The van der Waals surface area contributed by atoms with Crippen molar-refractivity contribution in [3.05, 3.63) is 16.6 Å². The van der Waals surface area contributed by atoms with Crippen molar-refractivity contribution in [2.24, 2.45) is 5.73 Å². The van der Waals surface area contributed by atoms with Crippen molar-refractivity contribution < 1.29 is 4.79 Å². The van der Waals surface area contributed by atoms with Gasteiger partial charge in [-0.15, -0.1) is 11.3 Å². The molecule has 1 aromatic heterocycles. The Balaban J connectivity index is 2.90. The normalized spacial score (nSPS) is 14.9. The maximum absolute atomic E-state index is 12.0. The van der Waals surface area contributed by atoms with E-state index in [0.29, 0.717) is 0 Å². The molecule has 0 radical (unpaired) electrons. The standard InChI is InChI=1S/C11H19N3OS/c1-7(2)14(11(15)8(3)12)9(4)10-13-5-6-16-10/h5-9H,12H2,1-4H3. The number of hydrogen-bond acceptors (Lipinski definition) is 4. The summed E-state index contributed by atoms with van der Waals surface area (Å²) in [5.41, 5.74) is 5.66. The topological polar surface area (TPSA) is 59.2 Å². The number of nitrogens with zero attached hydrogens (tertiary/aromatic N) is 2. The lowest BCUT2D eigenvalue weighted by molar-refractivity contribution is -0.136. The minimum Gasteiger partial charge on any atom is -0.330 e. The van der Waals surface area contributed by atoms with Crippen LogP contribution in [-0.4, -0.2) is 27.9 Å². The van der Waals surface area contributed by atoms with E-state index < -0.39 is 6.04 Å². The SMILES string of the molecule is CC(N)C(=O)N(C(C)C)C(C)c1nccs1. The molecule has 2 N–H and O–H groups in total. The van der Waals surface area contributed by atoms with Crippen molar-refractivity contribution in [3.63, 3.8) is 0 Å². The largest absolute Gasteiger partial charge is 0.330 e. The monoisotopic (exact) mass is 241 g/mol. The maximum Gasteiger partial charge on any atom is 0.240 e. The smallest absolute Gasteiger partial charge is 0.240 e. The molecule has 1 amide bonds. The van der Waals surface area contributed by atoms with Crippen molar-refractivity contribution in [1.29, 1.82) is 0 Å².